The van der Waals surface area contributed by atoms with Gasteiger partial charge in [-0.25, -0.2) is 5.01 Å². The van der Waals surface area contributed by atoms with Gasteiger partial charge in [0.05, 0.1) is 6.54 Å². The molecule has 1 heterocycles. The topological polar surface area (TPSA) is 49.4 Å². The van der Waals surface area contributed by atoms with Gasteiger partial charge < -0.3 is 0 Å². The average molecular weight is 222 g/mol. The molecule has 0 bridgehead atoms. The van der Waals surface area contributed by atoms with Crippen LogP contribution in [0.2, 0.25) is 0 Å². The summed E-state index contributed by atoms with van der Waals surface area (Å²) in [5.41, 5.74) is 3.13. The molecule has 0 radical (unpaired) electrons. The number of benzene rings is 1. The molecule has 1 aliphatic rings. The minimum absolute atomic E-state index is 0.0979. The highest BCUT2D eigenvalue weighted by atomic mass is 32.2. The second-order valence-corrected chi connectivity index (χ2v) is 4.12. The molecule has 1 aliphatic heterocycles. The molecule has 1 N–H and O–H groups in total. The molecular formula is C10H10N2O2S. The summed E-state index contributed by atoms with van der Waals surface area (Å²) < 4.78 is 0. The van der Waals surface area contributed by atoms with Gasteiger partial charge in [-0.2, -0.15) is 0 Å². The van der Waals surface area contributed by atoms with Gasteiger partial charge in [-0.05, 0) is 12.1 Å². The summed E-state index contributed by atoms with van der Waals surface area (Å²) in [7, 11) is 0. The zero-order valence-corrected chi connectivity index (χ0v) is 8.79. The Morgan fingerprint density at radius 1 is 1.33 bits per heavy atom. The summed E-state index contributed by atoms with van der Waals surface area (Å²) in [5.74, 6) is 0.486. The maximum Gasteiger partial charge on any atom is 0.300 e. The van der Waals surface area contributed by atoms with E-state index >= 15 is 0 Å². The maximum atomic E-state index is 11.6. The smallest absolute Gasteiger partial charge is 0.267 e. The molecule has 1 aromatic carbocycles. The van der Waals surface area contributed by atoms with Gasteiger partial charge in [0.15, 0.2) is 0 Å². The van der Waals surface area contributed by atoms with Gasteiger partial charge in [0.1, 0.15) is 0 Å². The molecule has 0 spiro atoms. The third kappa shape index (κ3) is 2.30. The van der Waals surface area contributed by atoms with E-state index in [1.54, 1.807) is 24.3 Å². The highest BCUT2D eigenvalue weighted by molar-refractivity contribution is 8.13. The van der Waals surface area contributed by atoms with Crippen molar-refractivity contribution in [3.63, 3.8) is 0 Å². The zero-order valence-electron chi connectivity index (χ0n) is 7.97. The first-order valence-corrected chi connectivity index (χ1v) is 5.56. The largest absolute Gasteiger partial charge is 0.300 e. The van der Waals surface area contributed by atoms with Crippen molar-refractivity contribution >= 4 is 22.9 Å². The molecule has 1 fully saturated rings. The van der Waals surface area contributed by atoms with Gasteiger partial charge >= 0.3 is 0 Å². The summed E-state index contributed by atoms with van der Waals surface area (Å²) in [6.07, 6.45) is 0. The normalized spacial score (nSPS) is 15.5. The molecular weight excluding hydrogens is 212 g/mol. The Morgan fingerprint density at radius 3 is 2.67 bits per heavy atom. The number of rotatable bonds is 2. The number of thioether (sulfide) groups is 1. The first kappa shape index (κ1) is 10.0. The van der Waals surface area contributed by atoms with Crippen LogP contribution in [-0.2, 0) is 0 Å². The van der Waals surface area contributed by atoms with Crippen molar-refractivity contribution in [3.05, 3.63) is 35.9 Å². The molecule has 15 heavy (non-hydrogen) atoms. The quantitative estimate of drug-likeness (QED) is 0.825. The van der Waals surface area contributed by atoms with Crippen molar-refractivity contribution in [2.75, 3.05) is 12.3 Å². The highest BCUT2D eigenvalue weighted by Gasteiger charge is 2.22. The molecule has 4 nitrogen and oxygen atoms in total. The Balaban J connectivity index is 2.01. The molecule has 2 amide bonds. The van der Waals surface area contributed by atoms with Crippen LogP contribution in [0.15, 0.2) is 30.3 Å². The second-order valence-electron chi connectivity index (χ2n) is 3.07. The van der Waals surface area contributed by atoms with Gasteiger partial charge in [-0.1, -0.05) is 30.0 Å². The van der Waals surface area contributed by atoms with Crippen LogP contribution in [0.4, 0.5) is 4.79 Å². The fourth-order valence-electron chi connectivity index (χ4n) is 1.27. The van der Waals surface area contributed by atoms with Crippen LogP contribution in [0.3, 0.4) is 0 Å². The number of nitrogens with one attached hydrogen (secondary N) is 1. The van der Waals surface area contributed by atoms with Crippen molar-refractivity contribution in [1.29, 1.82) is 0 Å². The van der Waals surface area contributed by atoms with E-state index in [0.29, 0.717) is 12.1 Å². The Morgan fingerprint density at radius 2 is 2.07 bits per heavy atom. The molecule has 78 valence electrons. The van der Waals surface area contributed by atoms with Gasteiger partial charge in [0, 0.05) is 11.3 Å². The highest BCUT2D eigenvalue weighted by Crippen LogP contribution is 2.15. The predicted molar refractivity (Wildman–Crippen MR) is 58.5 cm³/mol. The van der Waals surface area contributed by atoms with Crippen LogP contribution in [-0.4, -0.2) is 28.5 Å². The summed E-state index contributed by atoms with van der Waals surface area (Å²) in [5, 5.41) is 1.25. The van der Waals surface area contributed by atoms with Gasteiger partial charge in [0.2, 0.25) is 0 Å². The predicted octanol–water partition coefficient (Wildman–Crippen LogP) is 1.50. The Bertz CT molecular complexity index is 380. The molecule has 0 aromatic heterocycles. The summed E-state index contributed by atoms with van der Waals surface area (Å²) in [4.78, 5) is 22.8. The first-order chi connectivity index (χ1) is 7.27. The molecule has 0 saturated carbocycles. The van der Waals surface area contributed by atoms with E-state index in [4.69, 9.17) is 0 Å². The number of hydrogen-bond acceptors (Lipinski definition) is 3. The SMILES string of the molecule is O=C(NN1CCSC1=O)c1ccccc1. The third-order valence-corrected chi connectivity index (χ3v) is 2.89. The number of amides is 2. The van der Waals surface area contributed by atoms with Gasteiger partial charge in [-0.15, -0.1) is 0 Å². The van der Waals surface area contributed by atoms with Crippen molar-refractivity contribution in [3.8, 4) is 0 Å². The lowest BCUT2D eigenvalue weighted by atomic mass is 10.2. The second kappa shape index (κ2) is 4.35. The van der Waals surface area contributed by atoms with E-state index in [2.05, 4.69) is 5.43 Å². The lowest BCUT2D eigenvalue weighted by Gasteiger charge is -2.15. The van der Waals surface area contributed by atoms with Crippen molar-refractivity contribution in [2.24, 2.45) is 0 Å². The molecule has 5 heteroatoms. The van der Waals surface area contributed by atoms with Gasteiger partial charge in [-0.3, -0.25) is 15.0 Å². The fraction of sp³-hybridized carbons (Fsp3) is 0.200. The zero-order chi connectivity index (χ0) is 10.7. The molecule has 2 rings (SSSR count). The Labute approximate surface area is 91.6 Å². The lowest BCUT2D eigenvalue weighted by molar-refractivity contribution is 0.0856. The van der Waals surface area contributed by atoms with E-state index < -0.39 is 0 Å². The van der Waals surface area contributed by atoms with E-state index in [1.807, 2.05) is 6.07 Å². The van der Waals surface area contributed by atoms with Crippen molar-refractivity contribution < 1.29 is 9.59 Å². The summed E-state index contributed by atoms with van der Waals surface area (Å²) >= 11 is 1.21. The third-order valence-electron chi connectivity index (χ3n) is 2.03. The minimum Gasteiger partial charge on any atom is -0.267 e. The van der Waals surface area contributed by atoms with Crippen LogP contribution in [0.1, 0.15) is 10.4 Å². The van der Waals surface area contributed by atoms with Crippen LogP contribution in [0, 0.1) is 0 Å². The van der Waals surface area contributed by atoms with E-state index in [1.165, 1.54) is 16.8 Å². The van der Waals surface area contributed by atoms with Crippen LogP contribution in [0.5, 0.6) is 0 Å². The van der Waals surface area contributed by atoms with Gasteiger partial charge in [0.25, 0.3) is 11.1 Å². The molecule has 0 aliphatic carbocycles. The van der Waals surface area contributed by atoms with Crippen LogP contribution >= 0.6 is 11.8 Å². The minimum atomic E-state index is -0.244. The Hall–Kier alpha value is -1.49. The van der Waals surface area contributed by atoms with Crippen LogP contribution < -0.4 is 5.43 Å². The number of carbonyl (C=O) groups is 2. The first-order valence-electron chi connectivity index (χ1n) is 4.58. The summed E-state index contributed by atoms with van der Waals surface area (Å²) in [6.45, 7) is 0.572. The number of nitrogens with zero attached hydrogens (tertiary/aromatic N) is 1. The molecule has 1 aromatic rings. The average Bonchev–Trinajstić information content (AvgIpc) is 2.66. The van der Waals surface area contributed by atoms with Crippen LogP contribution in [0.25, 0.3) is 0 Å². The van der Waals surface area contributed by atoms with Crippen molar-refractivity contribution in [1.82, 2.24) is 10.4 Å². The summed E-state index contributed by atoms with van der Waals surface area (Å²) in [6, 6.07) is 8.84. The number of carbonyl (C=O) groups excluding carboxylic acids is 2. The van der Waals surface area contributed by atoms with E-state index in [0.717, 1.165) is 5.75 Å². The maximum absolute atomic E-state index is 11.6. The number of hydrogen-bond donors (Lipinski definition) is 1. The molecule has 0 unspecified atom stereocenters. The van der Waals surface area contributed by atoms with Crippen molar-refractivity contribution in [2.45, 2.75) is 0 Å². The Kier molecular flexibility index (Phi) is 2.91. The lowest BCUT2D eigenvalue weighted by Crippen LogP contribution is -2.42. The number of hydrazine groups is 1. The monoisotopic (exact) mass is 222 g/mol. The standard InChI is InChI=1S/C10H10N2O2S/c13-9(8-4-2-1-3-5-8)11-12-6-7-15-10(12)14/h1-5H,6-7H2,(H,11,13). The fourth-order valence-corrected chi connectivity index (χ4v) is 2.01. The molecule has 0 atom stereocenters. The van der Waals surface area contributed by atoms with E-state index in [9.17, 15) is 9.59 Å². The molecule has 1 saturated heterocycles. The van der Waals surface area contributed by atoms with E-state index in [-0.39, 0.29) is 11.1 Å².